The first-order chi connectivity index (χ1) is 24.7. The number of aromatic nitrogens is 3. The molecule has 0 N–H and O–H groups in total. The second-order valence-corrected chi connectivity index (χ2v) is 11.9. The van der Waals surface area contributed by atoms with Crippen LogP contribution in [0.5, 0.6) is 0 Å². The molecule has 0 fully saturated rings. The molecular weight excluding hydrogens is 617 g/mol. The average molecular weight is 639 g/mol. The topological polar surface area (TPSA) is 115 Å². The monoisotopic (exact) mass is 638 g/mol. The molecule has 0 aliphatic heterocycles. The number of nitriles is 3. The second kappa shape index (κ2) is 11.3. The minimum absolute atomic E-state index is 0.247. The first-order valence-electron chi connectivity index (χ1n) is 15.9. The first kappa shape index (κ1) is 28.7. The van der Waals surface area contributed by atoms with Gasteiger partial charge in [-0.3, -0.25) is 0 Å². The lowest BCUT2D eigenvalue weighted by atomic mass is 9.96. The molecule has 7 nitrogen and oxygen atoms in total. The molecule has 0 atom stereocenters. The van der Waals surface area contributed by atoms with Crippen LogP contribution in [0.4, 0.5) is 0 Å². The van der Waals surface area contributed by atoms with Crippen LogP contribution in [-0.2, 0) is 0 Å². The van der Waals surface area contributed by atoms with Crippen molar-refractivity contribution in [2.45, 2.75) is 0 Å². The molecule has 0 saturated heterocycles. The molecule has 0 radical (unpaired) electrons. The van der Waals surface area contributed by atoms with Crippen molar-refractivity contribution in [3.8, 4) is 57.8 Å². The Morgan fingerprint density at radius 1 is 0.520 bits per heavy atom. The average Bonchev–Trinajstić information content (AvgIpc) is 3.73. The first-order valence-corrected chi connectivity index (χ1v) is 15.9. The molecule has 0 spiro atoms. The van der Waals surface area contributed by atoms with Gasteiger partial charge in [0.2, 0.25) is 0 Å². The third kappa shape index (κ3) is 4.27. The third-order valence-corrected chi connectivity index (χ3v) is 9.13. The predicted octanol–water partition coefficient (Wildman–Crippen LogP) is 10.1. The highest BCUT2D eigenvalue weighted by molar-refractivity contribution is 6.21. The number of benzene rings is 6. The Morgan fingerprint density at radius 3 is 1.78 bits per heavy atom. The molecule has 6 aromatic carbocycles. The van der Waals surface area contributed by atoms with E-state index in [1.54, 1.807) is 12.1 Å². The van der Waals surface area contributed by atoms with Crippen LogP contribution in [0.3, 0.4) is 0 Å². The fourth-order valence-corrected chi connectivity index (χ4v) is 6.94. The Hall–Kier alpha value is -7.53. The van der Waals surface area contributed by atoms with Crippen LogP contribution in [0.2, 0.25) is 0 Å². The summed E-state index contributed by atoms with van der Waals surface area (Å²) in [5, 5.41) is 35.9. The smallest absolute Gasteiger partial charge is 0.160 e. The van der Waals surface area contributed by atoms with E-state index in [4.69, 9.17) is 14.4 Å². The van der Waals surface area contributed by atoms with Crippen molar-refractivity contribution < 1.29 is 4.42 Å². The number of hydrogen-bond donors (Lipinski definition) is 0. The zero-order valence-electron chi connectivity index (χ0n) is 26.3. The zero-order chi connectivity index (χ0) is 33.8. The number of furan rings is 1. The highest BCUT2D eigenvalue weighted by atomic mass is 16.3. The van der Waals surface area contributed by atoms with Crippen LogP contribution in [0.1, 0.15) is 16.7 Å². The normalized spacial score (nSPS) is 11.1. The van der Waals surface area contributed by atoms with Crippen LogP contribution in [0, 0.1) is 34.0 Å². The largest absolute Gasteiger partial charge is 0.454 e. The van der Waals surface area contributed by atoms with E-state index >= 15 is 0 Å². The van der Waals surface area contributed by atoms with Crippen LogP contribution in [-0.4, -0.2) is 14.5 Å². The number of hydrogen-bond acceptors (Lipinski definition) is 6. The maximum Gasteiger partial charge on any atom is 0.160 e. The van der Waals surface area contributed by atoms with Gasteiger partial charge in [-0.1, -0.05) is 103 Å². The Morgan fingerprint density at radius 2 is 1.10 bits per heavy atom. The van der Waals surface area contributed by atoms with Crippen molar-refractivity contribution in [1.29, 1.82) is 15.8 Å². The van der Waals surface area contributed by atoms with Gasteiger partial charge >= 0.3 is 0 Å². The van der Waals surface area contributed by atoms with Crippen LogP contribution in [0.15, 0.2) is 138 Å². The summed E-state index contributed by atoms with van der Waals surface area (Å²) in [6, 6.07) is 49.5. The molecule has 9 aromatic rings. The van der Waals surface area contributed by atoms with Crippen molar-refractivity contribution in [2.75, 3.05) is 0 Å². The summed E-state index contributed by atoms with van der Waals surface area (Å²) < 4.78 is 8.46. The maximum absolute atomic E-state index is 10.8. The fourth-order valence-electron chi connectivity index (χ4n) is 6.94. The van der Waals surface area contributed by atoms with E-state index in [1.807, 2.05) is 114 Å². The van der Waals surface area contributed by atoms with Crippen molar-refractivity contribution >= 4 is 43.7 Å². The Labute approximate surface area is 285 Å². The lowest BCUT2D eigenvalue weighted by Gasteiger charge is -2.16. The Kier molecular flexibility index (Phi) is 6.49. The van der Waals surface area contributed by atoms with E-state index < -0.39 is 0 Å². The highest BCUT2D eigenvalue weighted by Crippen LogP contribution is 2.42. The van der Waals surface area contributed by atoms with Gasteiger partial charge in [-0.2, -0.15) is 15.8 Å². The maximum atomic E-state index is 10.8. The van der Waals surface area contributed by atoms with Gasteiger partial charge in [-0.15, -0.1) is 0 Å². The van der Waals surface area contributed by atoms with Gasteiger partial charge in [-0.05, 0) is 30.3 Å². The van der Waals surface area contributed by atoms with Crippen LogP contribution in [0.25, 0.3) is 83.3 Å². The van der Waals surface area contributed by atoms with E-state index in [1.165, 1.54) is 0 Å². The fraction of sp³-hybridized carbons (Fsp3) is 0. The summed E-state index contributed by atoms with van der Waals surface area (Å²) in [5.41, 5.74) is 6.97. The van der Waals surface area contributed by atoms with Gasteiger partial charge < -0.3 is 8.98 Å². The lowest BCUT2D eigenvalue weighted by molar-refractivity contribution is 0.671. The van der Waals surface area contributed by atoms with Gasteiger partial charge in [0.1, 0.15) is 29.4 Å². The molecule has 0 amide bonds. The molecule has 9 rings (SSSR count). The van der Waals surface area contributed by atoms with Gasteiger partial charge in [0.05, 0.1) is 39.2 Å². The standard InChI is InChI=1S/C43H22N6O/c44-23-29-21-28(39-35(25-46)38(26-11-3-1-4-12-26)47-43(48-39)27-13-5-2-6-14-27)22-30(24-45)40(29)49-36-17-9-7-15-31(36)33-19-20-34-32-16-8-10-18-37(32)50-42(34)41(33)49/h1-22H. The van der Waals surface area contributed by atoms with E-state index in [0.29, 0.717) is 34.0 Å². The van der Waals surface area contributed by atoms with Gasteiger partial charge in [-0.25, -0.2) is 9.97 Å². The quantitative estimate of drug-likeness (QED) is 0.189. The molecule has 3 heterocycles. The summed E-state index contributed by atoms with van der Waals surface area (Å²) >= 11 is 0. The summed E-state index contributed by atoms with van der Waals surface area (Å²) in [4.78, 5) is 9.75. The summed E-state index contributed by atoms with van der Waals surface area (Å²) in [6.07, 6.45) is 0. The number of nitrogens with zero attached hydrogens (tertiary/aromatic N) is 6. The van der Waals surface area contributed by atoms with E-state index in [9.17, 15) is 15.8 Å². The van der Waals surface area contributed by atoms with Gasteiger partial charge in [0.15, 0.2) is 11.4 Å². The molecule has 0 aliphatic rings. The predicted molar refractivity (Wildman–Crippen MR) is 194 cm³/mol. The minimum atomic E-state index is 0.247. The SMILES string of the molecule is N#Cc1cc(-c2nc(-c3ccccc3)nc(-c3ccccc3)c2C#N)cc(C#N)c1-n1c2ccccc2c2ccc3c4ccccc4oc3c21. The van der Waals surface area contributed by atoms with Crippen molar-refractivity contribution in [3.05, 3.63) is 150 Å². The summed E-state index contributed by atoms with van der Waals surface area (Å²) in [5.74, 6) is 0.425. The van der Waals surface area contributed by atoms with Crippen molar-refractivity contribution in [2.24, 2.45) is 0 Å². The van der Waals surface area contributed by atoms with Crippen LogP contribution < -0.4 is 0 Å². The molecule has 7 heteroatoms. The molecule has 3 aromatic heterocycles. The Bertz CT molecular complexity index is 2920. The van der Waals surface area contributed by atoms with E-state index in [-0.39, 0.29) is 16.7 Å². The van der Waals surface area contributed by atoms with Gasteiger partial charge in [0.25, 0.3) is 0 Å². The molecule has 0 saturated carbocycles. The molecule has 230 valence electrons. The van der Waals surface area contributed by atoms with Crippen LogP contribution >= 0.6 is 0 Å². The molecule has 0 aliphatic carbocycles. The van der Waals surface area contributed by atoms with Crippen molar-refractivity contribution in [3.63, 3.8) is 0 Å². The van der Waals surface area contributed by atoms with E-state index in [2.05, 4.69) is 30.3 Å². The lowest BCUT2D eigenvalue weighted by Crippen LogP contribution is -2.05. The van der Waals surface area contributed by atoms with E-state index in [0.717, 1.165) is 49.3 Å². The molecule has 50 heavy (non-hydrogen) atoms. The second-order valence-electron chi connectivity index (χ2n) is 11.9. The zero-order valence-corrected chi connectivity index (χ0v) is 26.3. The summed E-state index contributed by atoms with van der Waals surface area (Å²) in [6.45, 7) is 0. The number of rotatable bonds is 4. The number of para-hydroxylation sites is 2. The Balaban J connectivity index is 1.37. The molecule has 0 bridgehead atoms. The molecular formula is C43H22N6O. The highest BCUT2D eigenvalue weighted by Gasteiger charge is 2.25. The summed E-state index contributed by atoms with van der Waals surface area (Å²) in [7, 11) is 0. The third-order valence-electron chi connectivity index (χ3n) is 9.13. The van der Waals surface area contributed by atoms with Crippen molar-refractivity contribution in [1.82, 2.24) is 14.5 Å². The number of fused-ring (bicyclic) bond motifs is 7. The van der Waals surface area contributed by atoms with Gasteiger partial charge in [0, 0.05) is 38.2 Å². The minimum Gasteiger partial charge on any atom is -0.454 e. The molecule has 0 unspecified atom stereocenters.